The molecule has 200 valence electrons. The van der Waals surface area contributed by atoms with E-state index < -0.39 is 0 Å². The quantitative estimate of drug-likeness (QED) is 0.137. The molecule has 10 nitrogen and oxygen atoms in total. The highest BCUT2D eigenvalue weighted by molar-refractivity contribution is 6.02. The fourth-order valence-corrected chi connectivity index (χ4v) is 4.56. The van der Waals surface area contributed by atoms with Crippen molar-refractivity contribution in [2.75, 3.05) is 7.11 Å². The standard InChI is InChI=1S/C29H31N7O3/c1-3-4-9-25-23(14-18-10-13-24(31-15-18)21-7-5-6-8-22(21)26(30)35-38)28(37)36(27(34-25)19-11-12-19)29-32-16-20(39-2)17-33-29/h5-8,10,13,15-17,19,38H,3-4,9,11-12,14H2,1-2H3,(H2,30,35). The molecule has 0 atom stereocenters. The lowest BCUT2D eigenvalue weighted by Gasteiger charge is -2.16. The number of hydrogen-bond donors (Lipinski definition) is 2. The number of unbranched alkanes of at least 4 members (excludes halogenated alkanes) is 1. The summed E-state index contributed by atoms with van der Waals surface area (Å²) in [6, 6.07) is 11.1. The Bertz CT molecular complexity index is 1540. The fourth-order valence-electron chi connectivity index (χ4n) is 4.56. The number of hydrogen-bond acceptors (Lipinski definition) is 8. The van der Waals surface area contributed by atoms with Gasteiger partial charge in [0.1, 0.15) is 5.82 Å². The van der Waals surface area contributed by atoms with E-state index in [0.29, 0.717) is 34.9 Å². The molecule has 1 aliphatic rings. The number of benzene rings is 1. The van der Waals surface area contributed by atoms with Gasteiger partial charge in [0.15, 0.2) is 11.6 Å². The Morgan fingerprint density at radius 2 is 1.90 bits per heavy atom. The second kappa shape index (κ2) is 11.4. The largest absolute Gasteiger partial charge is 0.494 e. The normalized spacial score (nSPS) is 13.4. The van der Waals surface area contributed by atoms with E-state index in [0.717, 1.165) is 54.7 Å². The first-order valence-corrected chi connectivity index (χ1v) is 13.1. The van der Waals surface area contributed by atoms with Crippen molar-refractivity contribution in [2.24, 2.45) is 10.9 Å². The van der Waals surface area contributed by atoms with E-state index >= 15 is 0 Å². The Morgan fingerprint density at radius 3 is 2.54 bits per heavy atom. The highest BCUT2D eigenvalue weighted by atomic mass is 16.5. The molecule has 0 saturated heterocycles. The van der Waals surface area contributed by atoms with Crippen LogP contribution in [0.25, 0.3) is 17.2 Å². The van der Waals surface area contributed by atoms with Crippen LogP contribution in [0.15, 0.2) is 64.9 Å². The van der Waals surface area contributed by atoms with Crippen molar-refractivity contribution in [1.29, 1.82) is 0 Å². The predicted octanol–water partition coefficient (Wildman–Crippen LogP) is 4.00. The summed E-state index contributed by atoms with van der Waals surface area (Å²) in [6.07, 6.45) is 9.90. The number of ether oxygens (including phenoxy) is 1. The molecular formula is C29H31N7O3. The molecule has 1 fully saturated rings. The Hall–Kier alpha value is -4.60. The van der Waals surface area contributed by atoms with E-state index in [1.54, 1.807) is 36.3 Å². The van der Waals surface area contributed by atoms with E-state index in [9.17, 15) is 4.79 Å². The maximum atomic E-state index is 14.0. The van der Waals surface area contributed by atoms with Crippen molar-refractivity contribution in [3.63, 3.8) is 0 Å². The second-order valence-electron chi connectivity index (χ2n) is 9.60. The molecule has 4 aromatic rings. The van der Waals surface area contributed by atoms with Crippen LogP contribution in [-0.2, 0) is 12.8 Å². The summed E-state index contributed by atoms with van der Waals surface area (Å²) in [6.45, 7) is 2.13. The van der Waals surface area contributed by atoms with E-state index in [2.05, 4.69) is 27.0 Å². The average Bonchev–Trinajstić information content (AvgIpc) is 3.83. The molecule has 0 spiro atoms. The first-order valence-electron chi connectivity index (χ1n) is 13.1. The van der Waals surface area contributed by atoms with Gasteiger partial charge in [-0.3, -0.25) is 9.78 Å². The minimum absolute atomic E-state index is 0.0140. The molecule has 1 saturated carbocycles. The molecule has 0 radical (unpaired) electrons. The van der Waals surface area contributed by atoms with Gasteiger partial charge in [0.2, 0.25) is 5.95 Å². The molecule has 3 N–H and O–H groups in total. The lowest BCUT2D eigenvalue weighted by atomic mass is 10.00. The van der Waals surface area contributed by atoms with Crippen LogP contribution in [0.1, 0.15) is 66.7 Å². The molecule has 1 aliphatic carbocycles. The van der Waals surface area contributed by atoms with Gasteiger partial charge in [-0.25, -0.2) is 19.5 Å². The van der Waals surface area contributed by atoms with Gasteiger partial charge in [0.05, 0.1) is 30.9 Å². The van der Waals surface area contributed by atoms with Gasteiger partial charge in [0.25, 0.3) is 5.56 Å². The Kier molecular flexibility index (Phi) is 7.62. The predicted molar refractivity (Wildman–Crippen MR) is 148 cm³/mol. The first kappa shape index (κ1) is 26.0. The van der Waals surface area contributed by atoms with Crippen molar-refractivity contribution in [3.8, 4) is 23.0 Å². The molecule has 10 heteroatoms. The summed E-state index contributed by atoms with van der Waals surface area (Å²) >= 11 is 0. The monoisotopic (exact) mass is 525 g/mol. The number of aryl methyl sites for hydroxylation is 1. The van der Waals surface area contributed by atoms with Crippen molar-refractivity contribution >= 4 is 5.84 Å². The number of rotatable bonds is 10. The molecular weight excluding hydrogens is 494 g/mol. The van der Waals surface area contributed by atoms with Crippen LogP contribution in [-0.4, -0.2) is 42.7 Å². The number of nitrogens with two attached hydrogens (primary N) is 1. The molecule has 0 aliphatic heterocycles. The zero-order chi connectivity index (χ0) is 27.4. The van der Waals surface area contributed by atoms with Crippen molar-refractivity contribution in [1.82, 2.24) is 24.5 Å². The summed E-state index contributed by atoms with van der Waals surface area (Å²) in [5.74, 6) is 1.79. The zero-order valence-corrected chi connectivity index (χ0v) is 22.0. The summed E-state index contributed by atoms with van der Waals surface area (Å²) < 4.78 is 6.77. The third-order valence-electron chi connectivity index (χ3n) is 6.84. The van der Waals surface area contributed by atoms with Crippen molar-refractivity contribution in [3.05, 3.63) is 93.6 Å². The molecule has 3 heterocycles. The van der Waals surface area contributed by atoms with E-state index in [-0.39, 0.29) is 17.3 Å². The molecule has 5 rings (SSSR count). The number of pyridine rings is 1. The number of aromatic nitrogens is 5. The SMILES string of the molecule is CCCCc1nc(C2CC2)n(-c2ncc(OC)cn2)c(=O)c1Cc1ccc(-c2ccccc2C(N)=NO)nc1. The van der Waals surface area contributed by atoms with Crippen LogP contribution in [0.3, 0.4) is 0 Å². The number of oxime groups is 1. The Morgan fingerprint density at radius 1 is 1.13 bits per heavy atom. The molecule has 3 aromatic heterocycles. The molecule has 39 heavy (non-hydrogen) atoms. The average molecular weight is 526 g/mol. The van der Waals surface area contributed by atoms with Crippen molar-refractivity contribution in [2.45, 2.75) is 51.4 Å². The van der Waals surface area contributed by atoms with Gasteiger partial charge >= 0.3 is 0 Å². The second-order valence-corrected chi connectivity index (χ2v) is 9.60. The first-order chi connectivity index (χ1) is 19.0. The Balaban J connectivity index is 1.55. The maximum Gasteiger partial charge on any atom is 0.264 e. The van der Waals surface area contributed by atoms with Crippen LogP contribution in [0.4, 0.5) is 0 Å². The van der Waals surface area contributed by atoms with E-state index in [1.807, 2.05) is 30.3 Å². The van der Waals surface area contributed by atoms with Crippen LogP contribution in [0.5, 0.6) is 5.75 Å². The lowest BCUT2D eigenvalue weighted by Crippen LogP contribution is -2.30. The van der Waals surface area contributed by atoms with Crippen molar-refractivity contribution < 1.29 is 9.94 Å². The molecule has 0 amide bonds. The van der Waals surface area contributed by atoms with Crippen LogP contribution in [0.2, 0.25) is 0 Å². The van der Waals surface area contributed by atoms with Gasteiger partial charge in [-0.15, -0.1) is 0 Å². The summed E-state index contributed by atoms with van der Waals surface area (Å²) in [5, 5.41) is 12.3. The van der Waals surface area contributed by atoms with Gasteiger partial charge in [-0.05, 0) is 37.3 Å². The highest BCUT2D eigenvalue weighted by Gasteiger charge is 2.32. The summed E-state index contributed by atoms with van der Waals surface area (Å²) in [7, 11) is 1.55. The van der Waals surface area contributed by atoms with Crippen LogP contribution >= 0.6 is 0 Å². The highest BCUT2D eigenvalue weighted by Crippen LogP contribution is 2.39. The van der Waals surface area contributed by atoms with E-state index in [4.69, 9.17) is 20.7 Å². The third-order valence-corrected chi connectivity index (χ3v) is 6.84. The van der Waals surface area contributed by atoms with E-state index in [1.165, 1.54) is 0 Å². The number of amidine groups is 1. The molecule has 0 bridgehead atoms. The fraction of sp³-hybridized carbons (Fsp3) is 0.310. The third kappa shape index (κ3) is 5.50. The summed E-state index contributed by atoms with van der Waals surface area (Å²) in [4.78, 5) is 32.5. The number of nitrogens with zero attached hydrogens (tertiary/aromatic N) is 6. The maximum absolute atomic E-state index is 14.0. The van der Waals surface area contributed by atoms with Crippen LogP contribution in [0, 0.1) is 0 Å². The van der Waals surface area contributed by atoms with Crippen LogP contribution < -0.4 is 16.0 Å². The van der Waals surface area contributed by atoms with Gasteiger partial charge in [-0.2, -0.15) is 0 Å². The zero-order valence-electron chi connectivity index (χ0n) is 22.0. The summed E-state index contributed by atoms with van der Waals surface area (Å²) in [5.41, 5.74) is 10.1. The topological polar surface area (TPSA) is 141 Å². The minimum atomic E-state index is -0.149. The lowest BCUT2D eigenvalue weighted by molar-refractivity contribution is 0.318. The number of methoxy groups -OCH3 is 1. The molecule has 0 unspecified atom stereocenters. The van der Waals surface area contributed by atoms with Gasteiger partial charge < -0.3 is 15.7 Å². The van der Waals surface area contributed by atoms with Gasteiger partial charge in [-0.1, -0.05) is 48.8 Å². The van der Waals surface area contributed by atoms with Gasteiger partial charge in [0, 0.05) is 35.2 Å². The Labute approximate surface area is 226 Å². The molecule has 1 aromatic carbocycles. The smallest absolute Gasteiger partial charge is 0.264 e. The minimum Gasteiger partial charge on any atom is -0.494 e.